The molecular weight excluding hydrogens is 793 g/mol. The number of hydrogen-bond acceptors (Lipinski definition) is 3. The lowest BCUT2D eigenvalue weighted by Gasteiger charge is -2.57. The van der Waals surface area contributed by atoms with Gasteiger partial charge in [0, 0.05) is 6.42 Å². The Bertz CT molecular complexity index is 1800. The topological polar surface area (TPSA) is 35.5 Å². The molecule has 3 aromatic rings. The zero-order valence-electron chi connectivity index (χ0n) is 42.1. The molecule has 8 atom stereocenters. The molecule has 356 valence electrons. The highest BCUT2D eigenvalue weighted by molar-refractivity contribution is 5.70. The predicted octanol–water partition coefficient (Wildman–Crippen LogP) is 17.6. The molecule has 65 heavy (non-hydrogen) atoms. The second-order valence-electron chi connectivity index (χ2n) is 22.6. The van der Waals surface area contributed by atoms with Crippen LogP contribution in [0.5, 0.6) is 0 Å². The summed E-state index contributed by atoms with van der Waals surface area (Å²) < 4.78 is 14.5. The van der Waals surface area contributed by atoms with Crippen molar-refractivity contribution in [3.8, 4) is 0 Å². The van der Waals surface area contributed by atoms with E-state index in [-0.39, 0.29) is 29.0 Å². The molecule has 0 aliphatic heterocycles. The Morgan fingerprint density at radius 3 is 1.72 bits per heavy atom. The monoisotopic (exact) mass is 883 g/mol. The second kappa shape index (κ2) is 23.7. The highest BCUT2D eigenvalue weighted by Gasteiger charge is 2.59. The first-order chi connectivity index (χ1) is 31.6. The largest absolute Gasteiger partial charge is 0.458 e. The summed E-state index contributed by atoms with van der Waals surface area (Å²) in [6.45, 7) is 14.8. The lowest BCUT2D eigenvalue weighted by Crippen LogP contribution is -2.50. The van der Waals surface area contributed by atoms with Crippen LogP contribution in [0.2, 0.25) is 0 Å². The van der Waals surface area contributed by atoms with E-state index < -0.39 is 5.60 Å². The van der Waals surface area contributed by atoms with Gasteiger partial charge in [-0.05, 0) is 120 Å². The first kappa shape index (κ1) is 49.7. The van der Waals surface area contributed by atoms with E-state index in [4.69, 9.17) is 9.47 Å². The van der Waals surface area contributed by atoms with Crippen LogP contribution in [0.25, 0.3) is 0 Å². The normalized spacial score (nSPS) is 27.0. The summed E-state index contributed by atoms with van der Waals surface area (Å²) in [6.07, 6.45) is 30.9. The smallest absolute Gasteiger partial charge is 0.306 e. The number of carbonyl (C=O) groups excluding carboxylic acids is 1. The standard InChI is InChI=1S/C62H90O3/c1-7-8-9-10-11-12-13-14-15-16-17-18-28-38-58(63)64-57-46-56(48(4)31-29-30-47(2)3)61(6)44-42-55-54(59(57)61)40-39-52-45-53(41-43-60(52,55)5)65-62(49-32-22-19-23-33-49,50-34-24-20-25-35-50)51-36-26-21-27-37-51/h19-27,32-37,47-48,52-53,55-57H,7-18,28-31,38-46H2,1-6H3/t48-,52+,53+,55+,56-,57+,60+,61-/m1/s1. The van der Waals surface area contributed by atoms with Gasteiger partial charge >= 0.3 is 5.97 Å². The molecule has 0 spiro atoms. The fraction of sp³-hybridized carbons (Fsp3) is 0.661. The predicted molar refractivity (Wildman–Crippen MR) is 273 cm³/mol. The van der Waals surface area contributed by atoms with Gasteiger partial charge in [0.1, 0.15) is 11.7 Å². The molecule has 0 radical (unpaired) electrons. The lowest BCUT2D eigenvalue weighted by molar-refractivity contribution is -0.147. The van der Waals surface area contributed by atoms with Gasteiger partial charge in [-0.15, -0.1) is 0 Å². The maximum Gasteiger partial charge on any atom is 0.306 e. The molecule has 3 nitrogen and oxygen atoms in total. The molecule has 3 saturated carbocycles. The maximum atomic E-state index is 13.9. The van der Waals surface area contributed by atoms with Crippen molar-refractivity contribution in [2.45, 2.75) is 220 Å². The summed E-state index contributed by atoms with van der Waals surface area (Å²) in [5, 5.41) is 0. The number of rotatable bonds is 25. The first-order valence-electron chi connectivity index (χ1n) is 27.4. The molecule has 0 amide bonds. The molecule has 3 heteroatoms. The Labute approximate surface area is 397 Å². The molecule has 0 unspecified atom stereocenters. The van der Waals surface area contributed by atoms with Gasteiger partial charge in [0.25, 0.3) is 0 Å². The third-order valence-corrected chi connectivity index (χ3v) is 17.8. The lowest BCUT2D eigenvalue weighted by atomic mass is 9.48. The second-order valence-corrected chi connectivity index (χ2v) is 22.6. The van der Waals surface area contributed by atoms with E-state index in [2.05, 4.69) is 133 Å². The van der Waals surface area contributed by atoms with Crippen molar-refractivity contribution in [3.63, 3.8) is 0 Å². The number of allylic oxidation sites excluding steroid dienone is 1. The molecule has 7 rings (SSSR count). The minimum Gasteiger partial charge on any atom is -0.458 e. The summed E-state index contributed by atoms with van der Waals surface area (Å²) in [7, 11) is 0. The third kappa shape index (κ3) is 11.8. The number of carbonyl (C=O) groups is 1. The molecule has 0 bridgehead atoms. The van der Waals surface area contributed by atoms with Gasteiger partial charge in [-0.1, -0.05) is 234 Å². The summed E-state index contributed by atoms with van der Waals surface area (Å²) in [6, 6.07) is 32.9. The zero-order chi connectivity index (χ0) is 45.7. The Kier molecular flexibility index (Phi) is 18.1. The Balaban J connectivity index is 1.04. The van der Waals surface area contributed by atoms with Crippen LogP contribution in [0.1, 0.15) is 219 Å². The Morgan fingerprint density at radius 1 is 0.646 bits per heavy atom. The van der Waals surface area contributed by atoms with E-state index in [0.717, 1.165) is 44.4 Å². The van der Waals surface area contributed by atoms with E-state index >= 15 is 0 Å². The summed E-state index contributed by atoms with van der Waals surface area (Å²) in [5.74, 6) is 3.17. The van der Waals surface area contributed by atoms with E-state index in [0.29, 0.717) is 30.1 Å². The molecule has 3 fully saturated rings. The van der Waals surface area contributed by atoms with E-state index in [1.165, 1.54) is 132 Å². The molecular formula is C62H90O3. The molecule has 3 aromatic carbocycles. The highest BCUT2D eigenvalue weighted by atomic mass is 16.5. The van der Waals surface area contributed by atoms with Gasteiger partial charge in [0.2, 0.25) is 0 Å². The number of esters is 1. The van der Waals surface area contributed by atoms with Crippen molar-refractivity contribution in [1.82, 2.24) is 0 Å². The van der Waals surface area contributed by atoms with Gasteiger partial charge in [0.05, 0.1) is 6.10 Å². The molecule has 0 heterocycles. The number of hydrogen-bond donors (Lipinski definition) is 0. The van der Waals surface area contributed by atoms with Crippen molar-refractivity contribution in [2.75, 3.05) is 0 Å². The third-order valence-electron chi connectivity index (χ3n) is 17.8. The zero-order valence-corrected chi connectivity index (χ0v) is 42.1. The maximum absolute atomic E-state index is 13.9. The summed E-state index contributed by atoms with van der Waals surface area (Å²) >= 11 is 0. The number of benzene rings is 3. The fourth-order valence-electron chi connectivity index (χ4n) is 14.1. The minimum absolute atomic E-state index is 0.0483. The fourth-order valence-corrected chi connectivity index (χ4v) is 14.1. The minimum atomic E-state index is -0.689. The van der Waals surface area contributed by atoms with Gasteiger partial charge in [-0.25, -0.2) is 0 Å². The van der Waals surface area contributed by atoms with Crippen molar-refractivity contribution >= 4 is 5.97 Å². The number of fused-ring (bicyclic) bond motifs is 4. The van der Waals surface area contributed by atoms with Crippen LogP contribution >= 0.6 is 0 Å². The molecule has 0 saturated heterocycles. The highest BCUT2D eigenvalue weighted by Crippen LogP contribution is 2.67. The summed E-state index contributed by atoms with van der Waals surface area (Å²) in [5.41, 5.74) is 6.52. The number of unbranched alkanes of at least 4 members (excludes halogenated alkanes) is 12. The van der Waals surface area contributed by atoms with Crippen LogP contribution in [0.4, 0.5) is 0 Å². The van der Waals surface area contributed by atoms with Crippen LogP contribution in [0.15, 0.2) is 102 Å². The van der Waals surface area contributed by atoms with E-state index in [1.807, 2.05) is 0 Å². The van der Waals surface area contributed by atoms with Crippen molar-refractivity contribution < 1.29 is 14.3 Å². The summed E-state index contributed by atoms with van der Waals surface area (Å²) in [4.78, 5) is 13.9. The van der Waals surface area contributed by atoms with Crippen LogP contribution in [-0.2, 0) is 19.9 Å². The Hall–Kier alpha value is -3.17. The van der Waals surface area contributed by atoms with Crippen LogP contribution < -0.4 is 0 Å². The number of ether oxygens (including phenoxy) is 2. The molecule has 4 aliphatic carbocycles. The van der Waals surface area contributed by atoms with Gasteiger partial charge < -0.3 is 9.47 Å². The van der Waals surface area contributed by atoms with Crippen molar-refractivity contribution in [3.05, 3.63) is 119 Å². The van der Waals surface area contributed by atoms with Gasteiger partial charge in [-0.3, -0.25) is 4.79 Å². The molecule has 0 N–H and O–H groups in total. The quantitative estimate of drug-likeness (QED) is 0.0368. The van der Waals surface area contributed by atoms with Gasteiger partial charge in [-0.2, -0.15) is 0 Å². The Morgan fingerprint density at radius 2 is 1.18 bits per heavy atom. The molecule has 4 aliphatic rings. The van der Waals surface area contributed by atoms with Gasteiger partial charge in [0.15, 0.2) is 0 Å². The van der Waals surface area contributed by atoms with E-state index in [9.17, 15) is 4.79 Å². The van der Waals surface area contributed by atoms with Crippen LogP contribution in [0.3, 0.4) is 0 Å². The average molecular weight is 883 g/mol. The molecule has 0 aromatic heterocycles. The van der Waals surface area contributed by atoms with E-state index in [1.54, 1.807) is 11.1 Å². The average Bonchev–Trinajstić information content (AvgIpc) is 3.62. The van der Waals surface area contributed by atoms with Crippen LogP contribution in [-0.4, -0.2) is 18.2 Å². The van der Waals surface area contributed by atoms with Crippen molar-refractivity contribution in [2.24, 2.45) is 40.4 Å². The SMILES string of the molecule is CCCCCCCCCCCCCCCC(=O)O[C@H]1C[C@H]([C@H](C)CCCC(C)C)[C@@]2(C)CC[C@H]3C(=C12)CC[C@H]1C[C@@H](OC(c2ccccc2)(c2ccccc2)c2ccccc2)CC[C@@]13C. The van der Waals surface area contributed by atoms with Crippen LogP contribution in [0, 0.1) is 40.4 Å². The first-order valence-corrected chi connectivity index (χ1v) is 27.4. The van der Waals surface area contributed by atoms with Crippen molar-refractivity contribution in [1.29, 1.82) is 0 Å².